The van der Waals surface area contributed by atoms with Crippen molar-refractivity contribution in [3.63, 3.8) is 0 Å². The molecule has 0 spiro atoms. The van der Waals surface area contributed by atoms with Gasteiger partial charge < -0.3 is 9.72 Å². The van der Waals surface area contributed by atoms with E-state index in [2.05, 4.69) is 15.0 Å². The molecule has 3 aromatic rings. The average Bonchev–Trinajstić information content (AvgIpc) is 2.79. The van der Waals surface area contributed by atoms with Gasteiger partial charge >= 0.3 is 6.18 Å². The fraction of sp³-hybridized carbons (Fsp3) is 0.364. The number of nitrogens with zero attached hydrogens (tertiary/aromatic N) is 3. The molecule has 174 valence electrons. The SMILES string of the molecule is O=C(CCC(c1cnc(C(F)(F)F)nc1)N1CCOCC1)c1c(Cl)ccc2[nH]c(=O)ccc12. The number of hydrogen-bond acceptors (Lipinski definition) is 6. The highest BCUT2D eigenvalue weighted by Gasteiger charge is 2.35. The number of hydrogen-bond donors (Lipinski definition) is 1. The summed E-state index contributed by atoms with van der Waals surface area (Å²) in [5.74, 6) is -1.44. The molecule has 1 atom stereocenters. The predicted octanol–water partition coefficient (Wildman–Crippen LogP) is 4.03. The van der Waals surface area contributed by atoms with Gasteiger partial charge in [0.25, 0.3) is 0 Å². The number of halogens is 4. The topological polar surface area (TPSA) is 88.2 Å². The van der Waals surface area contributed by atoms with Crippen LogP contribution in [0.5, 0.6) is 0 Å². The number of carbonyl (C=O) groups is 1. The Morgan fingerprint density at radius 1 is 1.15 bits per heavy atom. The molecule has 11 heteroatoms. The Kier molecular flexibility index (Phi) is 6.78. The number of H-pyrrole nitrogens is 1. The van der Waals surface area contributed by atoms with Gasteiger partial charge in [0.2, 0.25) is 11.4 Å². The van der Waals surface area contributed by atoms with E-state index in [0.29, 0.717) is 54.8 Å². The number of ketones is 1. The maximum atomic E-state index is 13.2. The lowest BCUT2D eigenvalue weighted by Crippen LogP contribution is -2.39. The normalized spacial score (nSPS) is 16.1. The Morgan fingerprint density at radius 3 is 2.52 bits per heavy atom. The highest BCUT2D eigenvalue weighted by Crippen LogP contribution is 2.31. The van der Waals surface area contributed by atoms with Crippen molar-refractivity contribution in [3.8, 4) is 0 Å². The van der Waals surface area contributed by atoms with Gasteiger partial charge in [-0.05, 0) is 24.6 Å². The number of alkyl halides is 3. The number of carbonyl (C=O) groups excluding carboxylic acids is 1. The third-order valence-electron chi connectivity index (χ3n) is 5.57. The highest BCUT2D eigenvalue weighted by molar-refractivity contribution is 6.35. The molecule has 0 saturated carbocycles. The van der Waals surface area contributed by atoms with Crippen LogP contribution in [0.25, 0.3) is 10.9 Å². The number of morpholine rings is 1. The standard InChI is InChI=1S/C22H20ClF3N4O3/c23-15-2-3-16-14(1-6-19(32)29-16)20(15)18(31)5-4-17(30-7-9-33-10-8-30)13-11-27-21(28-12-13)22(24,25)26/h1-3,6,11-12,17H,4-5,7-10H2,(H,29,32). The van der Waals surface area contributed by atoms with Crippen LogP contribution >= 0.6 is 11.6 Å². The zero-order chi connectivity index (χ0) is 23.6. The first-order valence-electron chi connectivity index (χ1n) is 10.3. The van der Waals surface area contributed by atoms with Crippen LogP contribution in [0.3, 0.4) is 0 Å². The molecule has 1 fully saturated rings. The molecule has 33 heavy (non-hydrogen) atoms. The van der Waals surface area contributed by atoms with Crippen molar-refractivity contribution in [2.45, 2.75) is 25.1 Å². The van der Waals surface area contributed by atoms with Gasteiger partial charge in [-0.1, -0.05) is 11.6 Å². The molecule has 2 aromatic heterocycles. The third-order valence-corrected chi connectivity index (χ3v) is 5.89. The molecule has 0 aliphatic carbocycles. The summed E-state index contributed by atoms with van der Waals surface area (Å²) in [6.45, 7) is 2.09. The van der Waals surface area contributed by atoms with Crippen molar-refractivity contribution in [2.75, 3.05) is 26.3 Å². The number of aromatic nitrogens is 3. The van der Waals surface area contributed by atoms with E-state index in [1.54, 1.807) is 18.2 Å². The van der Waals surface area contributed by atoms with Crippen LogP contribution in [0, 0.1) is 0 Å². The number of aromatic amines is 1. The fourth-order valence-corrected chi connectivity index (χ4v) is 4.26. The minimum absolute atomic E-state index is 0.0843. The first kappa shape index (κ1) is 23.3. The largest absolute Gasteiger partial charge is 0.451 e. The molecule has 1 aliphatic heterocycles. The Labute approximate surface area is 191 Å². The van der Waals surface area contributed by atoms with Gasteiger partial charge in [0.1, 0.15) is 0 Å². The Hall–Kier alpha value is -2.82. The molecule has 1 saturated heterocycles. The van der Waals surface area contributed by atoms with Crippen LogP contribution in [0.4, 0.5) is 13.2 Å². The smallest absolute Gasteiger partial charge is 0.379 e. The van der Waals surface area contributed by atoms with Crippen LogP contribution in [0.2, 0.25) is 5.02 Å². The molecule has 1 aliphatic rings. The molecular weight excluding hydrogens is 461 g/mol. The molecular formula is C22H20ClF3N4O3. The van der Waals surface area contributed by atoms with Crippen molar-refractivity contribution in [3.05, 3.63) is 69.0 Å². The lowest BCUT2D eigenvalue weighted by molar-refractivity contribution is -0.145. The van der Waals surface area contributed by atoms with Gasteiger partial charge in [-0.25, -0.2) is 9.97 Å². The van der Waals surface area contributed by atoms with Gasteiger partial charge in [0, 0.05) is 66.0 Å². The van der Waals surface area contributed by atoms with E-state index in [9.17, 15) is 22.8 Å². The number of rotatable bonds is 6. The van der Waals surface area contributed by atoms with Gasteiger partial charge in [0.05, 0.1) is 18.2 Å². The third kappa shape index (κ3) is 5.23. The zero-order valence-corrected chi connectivity index (χ0v) is 18.1. The molecule has 1 aromatic carbocycles. The maximum Gasteiger partial charge on any atom is 0.451 e. The fourth-order valence-electron chi connectivity index (χ4n) is 3.99. The first-order valence-corrected chi connectivity index (χ1v) is 10.7. The number of Topliss-reactive ketones (excluding diaryl/α,β-unsaturated/α-hetero) is 1. The first-order chi connectivity index (χ1) is 15.7. The minimum atomic E-state index is -4.63. The minimum Gasteiger partial charge on any atom is -0.379 e. The van der Waals surface area contributed by atoms with Gasteiger partial charge in [-0.3, -0.25) is 14.5 Å². The van der Waals surface area contributed by atoms with Crippen LogP contribution < -0.4 is 5.56 Å². The van der Waals surface area contributed by atoms with Gasteiger partial charge in [0.15, 0.2) is 5.78 Å². The van der Waals surface area contributed by atoms with E-state index in [0.717, 1.165) is 12.4 Å². The van der Waals surface area contributed by atoms with E-state index in [1.165, 1.54) is 6.07 Å². The van der Waals surface area contributed by atoms with E-state index in [1.807, 2.05) is 4.90 Å². The molecule has 0 bridgehead atoms. The van der Waals surface area contributed by atoms with Crippen molar-refractivity contribution in [1.82, 2.24) is 19.9 Å². The summed E-state index contributed by atoms with van der Waals surface area (Å²) in [5, 5.41) is 0.799. The van der Waals surface area contributed by atoms with Crippen molar-refractivity contribution in [2.24, 2.45) is 0 Å². The summed E-state index contributed by atoms with van der Waals surface area (Å²) in [6, 6.07) is 5.69. The summed E-state index contributed by atoms with van der Waals surface area (Å²) in [6.07, 6.45) is -1.90. The summed E-state index contributed by atoms with van der Waals surface area (Å²) < 4.78 is 44.0. The summed E-state index contributed by atoms with van der Waals surface area (Å²) in [4.78, 5) is 36.5. The Bertz CT molecular complexity index is 1210. The molecule has 0 radical (unpaired) electrons. The molecule has 3 heterocycles. The Morgan fingerprint density at radius 2 is 1.85 bits per heavy atom. The second kappa shape index (κ2) is 9.58. The number of pyridine rings is 1. The molecule has 0 amide bonds. The van der Waals surface area contributed by atoms with Crippen molar-refractivity contribution >= 4 is 28.3 Å². The number of fused-ring (bicyclic) bond motifs is 1. The molecule has 7 nitrogen and oxygen atoms in total. The molecule has 1 N–H and O–H groups in total. The molecule has 1 unspecified atom stereocenters. The van der Waals surface area contributed by atoms with Crippen molar-refractivity contribution in [1.29, 1.82) is 0 Å². The highest BCUT2D eigenvalue weighted by atomic mass is 35.5. The van der Waals surface area contributed by atoms with Gasteiger partial charge in [-0.2, -0.15) is 13.2 Å². The van der Waals surface area contributed by atoms with Crippen LogP contribution in [-0.2, 0) is 10.9 Å². The Balaban J connectivity index is 1.60. The lowest BCUT2D eigenvalue weighted by atomic mass is 9.96. The second-order valence-corrected chi connectivity index (χ2v) is 8.08. The number of benzene rings is 1. The van der Waals surface area contributed by atoms with Crippen LogP contribution in [0.1, 0.15) is 40.6 Å². The number of ether oxygens (including phenoxy) is 1. The molecule has 4 rings (SSSR count). The van der Waals surface area contributed by atoms with E-state index >= 15 is 0 Å². The zero-order valence-electron chi connectivity index (χ0n) is 17.4. The summed E-state index contributed by atoms with van der Waals surface area (Å²) in [5.41, 5.74) is 0.995. The van der Waals surface area contributed by atoms with Crippen LogP contribution in [-0.4, -0.2) is 51.9 Å². The quantitative estimate of drug-likeness (QED) is 0.536. The van der Waals surface area contributed by atoms with Crippen molar-refractivity contribution < 1.29 is 22.7 Å². The van der Waals surface area contributed by atoms with Crippen LogP contribution in [0.15, 0.2) is 41.5 Å². The predicted molar refractivity (Wildman–Crippen MR) is 115 cm³/mol. The maximum absolute atomic E-state index is 13.2. The van der Waals surface area contributed by atoms with E-state index in [4.69, 9.17) is 16.3 Å². The lowest BCUT2D eigenvalue weighted by Gasteiger charge is -2.34. The average molecular weight is 481 g/mol. The number of nitrogens with one attached hydrogen (secondary N) is 1. The van der Waals surface area contributed by atoms with E-state index < -0.39 is 12.0 Å². The van der Waals surface area contributed by atoms with E-state index in [-0.39, 0.29) is 28.8 Å². The second-order valence-electron chi connectivity index (χ2n) is 7.67. The van der Waals surface area contributed by atoms with Gasteiger partial charge in [-0.15, -0.1) is 0 Å². The monoisotopic (exact) mass is 480 g/mol. The summed E-state index contributed by atoms with van der Waals surface area (Å²) >= 11 is 6.31. The summed E-state index contributed by atoms with van der Waals surface area (Å²) in [7, 11) is 0.